The van der Waals surface area contributed by atoms with Crippen LogP contribution in [0.1, 0.15) is 32.6 Å². The third kappa shape index (κ3) is 1.99. The topological polar surface area (TPSA) is 26.3 Å². The summed E-state index contributed by atoms with van der Waals surface area (Å²) in [6, 6.07) is 25.8. The fourth-order valence-electron chi connectivity index (χ4n) is 3.32. The zero-order valence-corrected chi connectivity index (χ0v) is 12.8. The van der Waals surface area contributed by atoms with Gasteiger partial charge in [-0.05, 0) is 13.0 Å². The largest absolute Gasteiger partial charge is 0.441 e. The molecule has 0 bridgehead atoms. The summed E-state index contributed by atoms with van der Waals surface area (Å²) in [6.45, 7) is 1.98. The van der Waals surface area contributed by atoms with Crippen LogP contribution in [0.4, 0.5) is 0 Å². The Kier molecular flexibility index (Phi) is 3.05. The summed E-state index contributed by atoms with van der Waals surface area (Å²) in [5.74, 6) is -0.267. The molecule has 23 heavy (non-hydrogen) atoms. The zero-order valence-electron chi connectivity index (χ0n) is 12.8. The lowest BCUT2D eigenvalue weighted by Gasteiger charge is -2.30. The number of rotatable bonds is 2. The average Bonchev–Trinajstić information content (AvgIpc) is 2.90. The Bertz CT molecular complexity index is 827. The molecule has 1 aliphatic heterocycles. The molecule has 0 spiro atoms. The zero-order chi connectivity index (χ0) is 15.9. The number of hydrogen-bond acceptors (Lipinski definition) is 2. The summed E-state index contributed by atoms with van der Waals surface area (Å²) in [4.78, 5) is 12.6. The van der Waals surface area contributed by atoms with Crippen molar-refractivity contribution in [1.82, 2.24) is 0 Å². The smallest absolute Gasteiger partial charge is 0.340 e. The maximum absolute atomic E-state index is 12.6. The number of fused-ring (bicyclic) bond motifs is 1. The molecule has 1 aliphatic rings. The summed E-state index contributed by atoms with van der Waals surface area (Å²) >= 11 is 0. The van der Waals surface area contributed by atoms with E-state index in [1.165, 1.54) is 0 Å². The van der Waals surface area contributed by atoms with Gasteiger partial charge in [0.05, 0.1) is 5.56 Å². The first-order valence-electron chi connectivity index (χ1n) is 7.67. The van der Waals surface area contributed by atoms with Crippen LogP contribution in [0, 0.1) is 6.92 Å². The van der Waals surface area contributed by atoms with Gasteiger partial charge in [0.15, 0.2) is 5.60 Å². The fraction of sp³-hybridized carbons (Fsp3) is 0.0952. The van der Waals surface area contributed by atoms with Crippen molar-refractivity contribution in [2.45, 2.75) is 12.5 Å². The molecule has 3 aromatic rings. The van der Waals surface area contributed by atoms with Gasteiger partial charge in [-0.15, -0.1) is 0 Å². The van der Waals surface area contributed by atoms with Gasteiger partial charge in [-0.2, -0.15) is 0 Å². The maximum atomic E-state index is 12.6. The van der Waals surface area contributed by atoms with E-state index in [4.69, 9.17) is 4.74 Å². The number of carbonyl (C=O) groups is 1. The van der Waals surface area contributed by atoms with Crippen molar-refractivity contribution >= 4 is 5.97 Å². The monoisotopic (exact) mass is 300 g/mol. The van der Waals surface area contributed by atoms with Gasteiger partial charge in [-0.3, -0.25) is 0 Å². The van der Waals surface area contributed by atoms with Crippen LogP contribution in [0.5, 0.6) is 0 Å². The number of ether oxygens (including phenoxy) is 1. The molecule has 0 aromatic heterocycles. The summed E-state index contributed by atoms with van der Waals surface area (Å²) in [5, 5.41) is 0. The predicted octanol–water partition coefficient (Wildman–Crippen LogP) is 4.46. The van der Waals surface area contributed by atoms with Crippen molar-refractivity contribution in [1.29, 1.82) is 0 Å². The van der Waals surface area contributed by atoms with Crippen molar-refractivity contribution in [2.75, 3.05) is 0 Å². The second-order valence-electron chi connectivity index (χ2n) is 5.85. The van der Waals surface area contributed by atoms with Crippen LogP contribution >= 0.6 is 0 Å². The molecule has 0 fully saturated rings. The lowest BCUT2D eigenvalue weighted by molar-refractivity contribution is 0.0251. The highest BCUT2D eigenvalue weighted by atomic mass is 16.6. The first kappa shape index (κ1) is 13.8. The summed E-state index contributed by atoms with van der Waals surface area (Å²) in [6.07, 6.45) is 0. The van der Waals surface area contributed by atoms with Gasteiger partial charge in [0.25, 0.3) is 0 Å². The van der Waals surface area contributed by atoms with E-state index in [2.05, 4.69) is 0 Å². The van der Waals surface area contributed by atoms with E-state index in [9.17, 15) is 4.79 Å². The first-order valence-corrected chi connectivity index (χ1v) is 7.67. The van der Waals surface area contributed by atoms with E-state index in [0.29, 0.717) is 5.56 Å². The first-order chi connectivity index (χ1) is 11.2. The minimum absolute atomic E-state index is 0.267. The molecule has 0 aliphatic carbocycles. The van der Waals surface area contributed by atoms with Crippen molar-refractivity contribution in [3.05, 3.63) is 107 Å². The van der Waals surface area contributed by atoms with E-state index in [-0.39, 0.29) is 5.97 Å². The van der Waals surface area contributed by atoms with Gasteiger partial charge in [0.1, 0.15) is 0 Å². The highest BCUT2D eigenvalue weighted by Gasteiger charge is 2.48. The second kappa shape index (κ2) is 5.10. The summed E-state index contributed by atoms with van der Waals surface area (Å²) < 4.78 is 6.01. The van der Waals surface area contributed by atoms with E-state index in [1.807, 2.05) is 85.8 Å². The Morgan fingerprint density at radius 3 is 1.91 bits per heavy atom. The fourth-order valence-corrected chi connectivity index (χ4v) is 3.32. The Morgan fingerprint density at radius 2 is 1.35 bits per heavy atom. The Balaban J connectivity index is 2.06. The van der Waals surface area contributed by atoms with Gasteiger partial charge >= 0.3 is 5.97 Å². The maximum Gasteiger partial charge on any atom is 0.340 e. The summed E-state index contributed by atoms with van der Waals surface area (Å²) in [7, 11) is 0. The van der Waals surface area contributed by atoms with Crippen molar-refractivity contribution in [3.63, 3.8) is 0 Å². The molecule has 0 saturated heterocycles. The molecular weight excluding hydrogens is 284 g/mol. The van der Waals surface area contributed by atoms with Crippen molar-refractivity contribution in [2.24, 2.45) is 0 Å². The number of carbonyl (C=O) groups excluding carboxylic acids is 1. The van der Waals surface area contributed by atoms with E-state index >= 15 is 0 Å². The molecule has 0 N–H and O–H groups in total. The van der Waals surface area contributed by atoms with Gasteiger partial charge in [-0.25, -0.2) is 4.79 Å². The SMILES string of the molecule is Cc1ccc2c(c1)C(=O)OC2(c1ccccc1)c1ccccc1. The van der Waals surface area contributed by atoms with Crippen LogP contribution in [0.3, 0.4) is 0 Å². The number of esters is 1. The summed E-state index contributed by atoms with van der Waals surface area (Å²) in [5.41, 5.74) is 3.66. The number of benzene rings is 3. The van der Waals surface area contributed by atoms with Crippen LogP contribution in [-0.2, 0) is 10.3 Å². The molecular formula is C21H16O2. The average molecular weight is 300 g/mol. The number of aryl methyl sites for hydroxylation is 1. The molecule has 0 radical (unpaired) electrons. The molecule has 112 valence electrons. The van der Waals surface area contributed by atoms with Crippen molar-refractivity contribution < 1.29 is 9.53 Å². The number of hydrogen-bond donors (Lipinski definition) is 0. The predicted molar refractivity (Wildman–Crippen MR) is 89.4 cm³/mol. The Morgan fingerprint density at radius 1 is 0.783 bits per heavy atom. The van der Waals surface area contributed by atoms with Crippen LogP contribution < -0.4 is 0 Å². The van der Waals surface area contributed by atoms with Gasteiger partial charge in [-0.1, -0.05) is 78.4 Å². The van der Waals surface area contributed by atoms with Gasteiger partial charge < -0.3 is 4.74 Å². The molecule has 3 aromatic carbocycles. The van der Waals surface area contributed by atoms with Crippen LogP contribution in [0.25, 0.3) is 0 Å². The molecule has 2 nitrogen and oxygen atoms in total. The Labute approximate surface area is 135 Å². The Hall–Kier alpha value is -2.87. The van der Waals surface area contributed by atoms with Gasteiger partial charge in [0, 0.05) is 16.7 Å². The van der Waals surface area contributed by atoms with E-state index in [1.54, 1.807) is 0 Å². The minimum atomic E-state index is -0.872. The highest BCUT2D eigenvalue weighted by Crippen LogP contribution is 2.46. The molecule has 2 heteroatoms. The lowest BCUT2D eigenvalue weighted by atomic mass is 9.80. The lowest BCUT2D eigenvalue weighted by Crippen LogP contribution is -2.29. The van der Waals surface area contributed by atoms with Crippen LogP contribution in [0.15, 0.2) is 78.9 Å². The highest BCUT2D eigenvalue weighted by molar-refractivity contribution is 5.96. The minimum Gasteiger partial charge on any atom is -0.441 e. The molecule has 0 saturated carbocycles. The van der Waals surface area contributed by atoms with Crippen molar-refractivity contribution in [3.8, 4) is 0 Å². The van der Waals surface area contributed by atoms with Gasteiger partial charge in [0.2, 0.25) is 0 Å². The third-order valence-electron chi connectivity index (χ3n) is 4.38. The molecule has 4 rings (SSSR count). The van der Waals surface area contributed by atoms with E-state index in [0.717, 1.165) is 22.3 Å². The number of cyclic esters (lactones) is 1. The van der Waals surface area contributed by atoms with Crippen LogP contribution in [0.2, 0.25) is 0 Å². The van der Waals surface area contributed by atoms with E-state index < -0.39 is 5.60 Å². The second-order valence-corrected chi connectivity index (χ2v) is 5.85. The molecule has 0 amide bonds. The third-order valence-corrected chi connectivity index (χ3v) is 4.38. The van der Waals surface area contributed by atoms with Crippen LogP contribution in [-0.4, -0.2) is 5.97 Å². The molecule has 0 unspecified atom stereocenters. The normalized spacial score (nSPS) is 15.1. The molecule has 1 heterocycles. The quantitative estimate of drug-likeness (QED) is 0.653. The molecule has 0 atom stereocenters. The standard InChI is InChI=1S/C21H16O2/c1-15-12-13-19-18(14-15)20(22)23-21(19,16-8-4-2-5-9-16)17-10-6-3-7-11-17/h2-14H,1H3.